The maximum atomic E-state index is 11.7. The van der Waals surface area contributed by atoms with E-state index >= 15 is 0 Å². The summed E-state index contributed by atoms with van der Waals surface area (Å²) in [5, 5.41) is 0.869. The summed E-state index contributed by atoms with van der Waals surface area (Å²) in [7, 11) is 1.24. The number of methoxy groups -OCH3 is 1. The number of rotatable bonds is 2. The molecule has 4 nitrogen and oxygen atoms in total. The van der Waals surface area contributed by atoms with Gasteiger partial charge in [0, 0.05) is 21.7 Å². The van der Waals surface area contributed by atoms with Crippen LogP contribution in [0.3, 0.4) is 0 Å². The Balaban J connectivity index is 2.67. The second kappa shape index (κ2) is 5.47. The van der Waals surface area contributed by atoms with Gasteiger partial charge in [-0.1, -0.05) is 23.2 Å². The van der Waals surface area contributed by atoms with Gasteiger partial charge in [-0.3, -0.25) is 4.79 Å². The number of carbonyl (C=O) groups excluding carboxylic acids is 1. The fourth-order valence-electron chi connectivity index (χ4n) is 1.69. The molecule has 1 aromatic carbocycles. The van der Waals surface area contributed by atoms with Gasteiger partial charge in [0.15, 0.2) is 0 Å². The minimum atomic E-state index is -0.635. The molecule has 0 unspecified atom stereocenters. The van der Waals surface area contributed by atoms with Crippen LogP contribution >= 0.6 is 23.2 Å². The maximum absolute atomic E-state index is 11.7. The van der Waals surface area contributed by atoms with Crippen molar-refractivity contribution in [3.63, 3.8) is 0 Å². The highest BCUT2D eigenvalue weighted by atomic mass is 35.5. The smallest absolute Gasteiger partial charge is 0.355 e. The SMILES string of the molecule is COC(=O)c1[nH]c(=O)ccc1-c1cc(Cl)cc(Cl)c1. The van der Waals surface area contributed by atoms with E-state index in [4.69, 9.17) is 23.2 Å². The minimum Gasteiger partial charge on any atom is -0.464 e. The Hall–Kier alpha value is -1.78. The Morgan fingerprint density at radius 3 is 2.37 bits per heavy atom. The van der Waals surface area contributed by atoms with Gasteiger partial charge in [0.1, 0.15) is 5.69 Å². The number of pyridine rings is 1. The zero-order chi connectivity index (χ0) is 14.0. The largest absolute Gasteiger partial charge is 0.464 e. The zero-order valence-corrected chi connectivity index (χ0v) is 11.4. The van der Waals surface area contributed by atoms with Crippen LogP contribution in [0, 0.1) is 0 Å². The monoisotopic (exact) mass is 297 g/mol. The van der Waals surface area contributed by atoms with Crippen molar-refractivity contribution in [2.75, 3.05) is 7.11 Å². The third kappa shape index (κ3) is 2.97. The van der Waals surface area contributed by atoms with E-state index in [1.165, 1.54) is 19.2 Å². The van der Waals surface area contributed by atoms with Gasteiger partial charge in [-0.05, 0) is 29.8 Å². The van der Waals surface area contributed by atoms with Crippen molar-refractivity contribution >= 4 is 29.2 Å². The van der Waals surface area contributed by atoms with Crippen molar-refractivity contribution in [1.29, 1.82) is 0 Å². The van der Waals surface area contributed by atoms with Crippen LogP contribution < -0.4 is 5.56 Å². The number of esters is 1. The van der Waals surface area contributed by atoms with Crippen molar-refractivity contribution in [2.24, 2.45) is 0 Å². The number of halogens is 2. The fourth-order valence-corrected chi connectivity index (χ4v) is 2.21. The molecule has 6 heteroatoms. The molecule has 0 saturated heterocycles. The molecule has 1 aromatic heterocycles. The van der Waals surface area contributed by atoms with E-state index < -0.39 is 11.5 Å². The van der Waals surface area contributed by atoms with E-state index in [2.05, 4.69) is 9.72 Å². The molecule has 0 aliphatic carbocycles. The molecule has 0 saturated carbocycles. The summed E-state index contributed by atoms with van der Waals surface area (Å²) in [5.74, 6) is -0.635. The molecule has 98 valence electrons. The molecule has 0 aliphatic heterocycles. The van der Waals surface area contributed by atoms with E-state index in [1.54, 1.807) is 18.2 Å². The van der Waals surface area contributed by atoms with Crippen LogP contribution in [-0.4, -0.2) is 18.1 Å². The van der Waals surface area contributed by atoms with E-state index in [9.17, 15) is 9.59 Å². The molecule has 0 amide bonds. The Morgan fingerprint density at radius 1 is 1.16 bits per heavy atom. The van der Waals surface area contributed by atoms with Gasteiger partial charge >= 0.3 is 5.97 Å². The summed E-state index contributed by atoms with van der Waals surface area (Å²) >= 11 is 11.8. The van der Waals surface area contributed by atoms with Crippen molar-refractivity contribution in [3.8, 4) is 11.1 Å². The zero-order valence-electron chi connectivity index (χ0n) is 9.87. The lowest BCUT2D eigenvalue weighted by molar-refractivity contribution is 0.0594. The van der Waals surface area contributed by atoms with Crippen LogP contribution in [0.5, 0.6) is 0 Å². The fraction of sp³-hybridized carbons (Fsp3) is 0.0769. The first kappa shape index (κ1) is 13.6. The number of benzene rings is 1. The highest BCUT2D eigenvalue weighted by molar-refractivity contribution is 6.35. The number of hydrogen-bond acceptors (Lipinski definition) is 3. The lowest BCUT2D eigenvalue weighted by Gasteiger charge is -2.08. The number of nitrogens with one attached hydrogen (secondary N) is 1. The topological polar surface area (TPSA) is 59.2 Å². The Kier molecular flexibility index (Phi) is 3.93. The number of hydrogen-bond donors (Lipinski definition) is 1. The van der Waals surface area contributed by atoms with Gasteiger partial charge in [-0.2, -0.15) is 0 Å². The summed E-state index contributed by atoms with van der Waals surface area (Å²) in [6.07, 6.45) is 0. The molecule has 0 spiro atoms. The first-order valence-corrected chi connectivity index (χ1v) is 6.05. The molecule has 1 heterocycles. The maximum Gasteiger partial charge on any atom is 0.355 e. The minimum absolute atomic E-state index is 0.0633. The van der Waals surface area contributed by atoms with Crippen LogP contribution in [0.25, 0.3) is 11.1 Å². The molecule has 0 bridgehead atoms. The van der Waals surface area contributed by atoms with Gasteiger partial charge in [0.25, 0.3) is 0 Å². The third-order valence-electron chi connectivity index (χ3n) is 2.48. The summed E-state index contributed by atoms with van der Waals surface area (Å²) < 4.78 is 4.64. The van der Waals surface area contributed by atoms with E-state index in [-0.39, 0.29) is 5.69 Å². The van der Waals surface area contributed by atoms with E-state index in [0.717, 1.165) is 0 Å². The number of ether oxygens (including phenoxy) is 1. The van der Waals surface area contributed by atoms with Gasteiger partial charge < -0.3 is 9.72 Å². The average Bonchev–Trinajstić information content (AvgIpc) is 2.36. The van der Waals surface area contributed by atoms with Crippen molar-refractivity contribution in [2.45, 2.75) is 0 Å². The van der Waals surface area contributed by atoms with Gasteiger partial charge in [-0.25, -0.2) is 4.79 Å². The van der Waals surface area contributed by atoms with Crippen LogP contribution in [0.4, 0.5) is 0 Å². The number of aromatic nitrogens is 1. The van der Waals surface area contributed by atoms with Crippen molar-refractivity contribution in [3.05, 3.63) is 56.4 Å². The van der Waals surface area contributed by atoms with Crippen molar-refractivity contribution < 1.29 is 9.53 Å². The second-order valence-corrected chi connectivity index (χ2v) is 4.63. The molecule has 2 aromatic rings. The van der Waals surface area contributed by atoms with Crippen LogP contribution in [0.15, 0.2) is 35.1 Å². The first-order chi connectivity index (χ1) is 9.01. The molecular formula is C13H9Cl2NO3. The molecular weight excluding hydrogens is 289 g/mol. The number of carbonyl (C=O) groups is 1. The lowest BCUT2D eigenvalue weighted by atomic mass is 10.0. The molecule has 0 aliphatic rings. The quantitative estimate of drug-likeness (QED) is 0.866. The number of aromatic amines is 1. The summed E-state index contributed by atoms with van der Waals surface area (Å²) in [6, 6.07) is 7.71. The van der Waals surface area contributed by atoms with Gasteiger partial charge in [0.2, 0.25) is 5.56 Å². The molecule has 0 radical (unpaired) electrons. The molecule has 0 atom stereocenters. The second-order valence-electron chi connectivity index (χ2n) is 3.76. The molecule has 1 N–H and O–H groups in total. The van der Waals surface area contributed by atoms with Crippen LogP contribution in [0.1, 0.15) is 10.5 Å². The van der Waals surface area contributed by atoms with E-state index in [1.807, 2.05) is 0 Å². The average molecular weight is 298 g/mol. The number of H-pyrrole nitrogens is 1. The first-order valence-electron chi connectivity index (χ1n) is 5.29. The summed E-state index contributed by atoms with van der Waals surface area (Å²) in [5.41, 5.74) is 0.788. The molecule has 2 rings (SSSR count). The van der Waals surface area contributed by atoms with Gasteiger partial charge in [0.05, 0.1) is 7.11 Å². The predicted octanol–water partition coefficient (Wildman–Crippen LogP) is 3.14. The Morgan fingerprint density at radius 2 is 1.79 bits per heavy atom. The third-order valence-corrected chi connectivity index (χ3v) is 2.92. The van der Waals surface area contributed by atoms with Gasteiger partial charge in [-0.15, -0.1) is 0 Å². The summed E-state index contributed by atoms with van der Waals surface area (Å²) in [4.78, 5) is 25.4. The molecule has 0 fully saturated rings. The summed E-state index contributed by atoms with van der Waals surface area (Å²) in [6.45, 7) is 0. The normalized spacial score (nSPS) is 10.3. The highest BCUT2D eigenvalue weighted by Crippen LogP contribution is 2.28. The van der Waals surface area contributed by atoms with Crippen LogP contribution in [-0.2, 0) is 4.74 Å². The lowest BCUT2D eigenvalue weighted by Crippen LogP contribution is -2.14. The van der Waals surface area contributed by atoms with Crippen molar-refractivity contribution in [1.82, 2.24) is 4.98 Å². The highest BCUT2D eigenvalue weighted by Gasteiger charge is 2.15. The Labute approximate surface area is 118 Å². The molecule has 19 heavy (non-hydrogen) atoms. The predicted molar refractivity (Wildman–Crippen MR) is 73.9 cm³/mol. The Bertz CT molecular complexity index is 674. The van der Waals surface area contributed by atoms with E-state index in [0.29, 0.717) is 21.2 Å². The standard InChI is InChI=1S/C13H9Cl2NO3/c1-19-13(18)12-10(2-3-11(17)16-12)7-4-8(14)6-9(15)5-7/h2-6H,1H3,(H,16,17). The van der Waals surface area contributed by atoms with Crippen LogP contribution in [0.2, 0.25) is 10.0 Å².